The van der Waals surface area contributed by atoms with Gasteiger partial charge in [-0.05, 0) is 37.9 Å². The van der Waals surface area contributed by atoms with E-state index in [1.165, 1.54) is 5.56 Å². The minimum absolute atomic E-state index is 0.00183. The molecule has 0 aromatic carbocycles. The van der Waals surface area contributed by atoms with Gasteiger partial charge < -0.3 is 14.8 Å². The van der Waals surface area contributed by atoms with Gasteiger partial charge in [0.2, 0.25) is 0 Å². The molecule has 0 spiro atoms. The molecule has 0 saturated carbocycles. The molecule has 170 valence electrons. The highest BCUT2D eigenvalue weighted by Gasteiger charge is 2.22. The second kappa shape index (κ2) is 11.9. The average molecular weight is 431 g/mol. The Morgan fingerprint density at radius 3 is 3.03 bits per heavy atom. The van der Waals surface area contributed by atoms with E-state index in [9.17, 15) is 4.79 Å². The lowest BCUT2D eigenvalue weighted by atomic mass is 10.0. The van der Waals surface area contributed by atoms with E-state index in [0.29, 0.717) is 32.6 Å². The summed E-state index contributed by atoms with van der Waals surface area (Å²) in [5.41, 5.74) is 1.96. The molecule has 0 saturated heterocycles. The molecule has 0 unspecified atom stereocenters. The summed E-state index contributed by atoms with van der Waals surface area (Å²) in [7, 11) is 2.09. The largest absolute Gasteiger partial charge is 0.464 e. The van der Waals surface area contributed by atoms with Crippen molar-refractivity contribution in [3.63, 3.8) is 0 Å². The Kier molecular flexibility index (Phi) is 8.93. The van der Waals surface area contributed by atoms with E-state index in [-0.39, 0.29) is 24.0 Å². The number of pyridine rings is 1. The molecule has 1 N–H and O–H groups in total. The van der Waals surface area contributed by atoms with Gasteiger partial charge in [0, 0.05) is 51.0 Å². The van der Waals surface area contributed by atoms with Crippen LogP contribution in [0.4, 0.5) is 0 Å². The third-order valence-corrected chi connectivity index (χ3v) is 5.38. The Balaban J connectivity index is 1.65. The van der Waals surface area contributed by atoms with E-state index in [1.807, 2.05) is 25.4 Å². The monoisotopic (exact) mass is 430 g/mol. The normalized spacial score (nSPS) is 24.1. The Hall–Kier alpha value is -2.36. The number of ether oxygens (including phenoxy) is 2. The van der Waals surface area contributed by atoms with Crippen molar-refractivity contribution in [2.24, 2.45) is 5.92 Å². The van der Waals surface area contributed by atoms with Gasteiger partial charge in [-0.3, -0.25) is 19.4 Å². The zero-order chi connectivity index (χ0) is 22.1. The van der Waals surface area contributed by atoms with Crippen molar-refractivity contribution in [3.05, 3.63) is 42.0 Å². The number of hydrogen-bond donors (Lipinski definition) is 1. The first-order chi connectivity index (χ1) is 15.0. The molecular weight excluding hydrogens is 396 g/mol. The van der Waals surface area contributed by atoms with Gasteiger partial charge in [0.05, 0.1) is 18.9 Å². The first-order valence-corrected chi connectivity index (χ1v) is 11.0. The van der Waals surface area contributed by atoms with Gasteiger partial charge in [0.1, 0.15) is 12.3 Å². The Morgan fingerprint density at radius 1 is 1.35 bits per heavy atom. The zero-order valence-electron chi connectivity index (χ0n) is 18.7. The lowest BCUT2D eigenvalue weighted by molar-refractivity contribution is -0.144. The number of rotatable bonds is 4. The second-order valence-electron chi connectivity index (χ2n) is 8.45. The summed E-state index contributed by atoms with van der Waals surface area (Å²) in [4.78, 5) is 18.4. The van der Waals surface area contributed by atoms with Crippen molar-refractivity contribution < 1.29 is 14.3 Å². The van der Waals surface area contributed by atoms with Crippen LogP contribution in [0.5, 0.6) is 0 Å². The molecule has 9 nitrogen and oxygen atoms in total. The zero-order valence-corrected chi connectivity index (χ0v) is 18.7. The van der Waals surface area contributed by atoms with Gasteiger partial charge in [-0.2, -0.15) is 0 Å². The molecule has 1 aliphatic heterocycles. The summed E-state index contributed by atoms with van der Waals surface area (Å²) in [6, 6.07) is 4.12. The van der Waals surface area contributed by atoms with E-state index in [4.69, 9.17) is 9.47 Å². The minimum atomic E-state index is -0.174. The molecule has 3 atom stereocenters. The molecule has 0 fully saturated rings. The predicted molar refractivity (Wildman–Crippen MR) is 116 cm³/mol. The number of carbonyl (C=O) groups is 1. The summed E-state index contributed by atoms with van der Waals surface area (Å²) in [6.07, 6.45) is 6.61. The minimum Gasteiger partial charge on any atom is -0.464 e. The van der Waals surface area contributed by atoms with Gasteiger partial charge in [0.15, 0.2) is 0 Å². The summed E-state index contributed by atoms with van der Waals surface area (Å²) < 4.78 is 13.5. The average Bonchev–Trinajstić information content (AvgIpc) is 3.21. The van der Waals surface area contributed by atoms with Crippen LogP contribution in [0.25, 0.3) is 0 Å². The topological polar surface area (TPSA) is 94.4 Å². The molecule has 0 radical (unpaired) electrons. The summed E-state index contributed by atoms with van der Waals surface area (Å²) in [6.45, 7) is 7.95. The van der Waals surface area contributed by atoms with Crippen LogP contribution in [0.3, 0.4) is 0 Å². The van der Waals surface area contributed by atoms with Crippen LogP contribution in [-0.4, -0.2) is 69.7 Å². The third kappa shape index (κ3) is 8.01. The van der Waals surface area contributed by atoms with E-state index in [1.54, 1.807) is 10.9 Å². The lowest BCUT2D eigenvalue weighted by Gasteiger charge is -2.29. The van der Waals surface area contributed by atoms with Crippen molar-refractivity contribution in [3.8, 4) is 0 Å². The number of nitrogens with zero attached hydrogens (tertiary/aromatic N) is 5. The van der Waals surface area contributed by atoms with Crippen LogP contribution in [0, 0.1) is 5.92 Å². The van der Waals surface area contributed by atoms with Crippen molar-refractivity contribution >= 4 is 5.97 Å². The summed E-state index contributed by atoms with van der Waals surface area (Å²) >= 11 is 0. The number of aryl methyl sites for hydroxylation is 1. The van der Waals surface area contributed by atoms with Crippen LogP contribution in [0.2, 0.25) is 0 Å². The highest BCUT2D eigenvalue weighted by molar-refractivity contribution is 5.69. The number of carbonyl (C=O) groups excluding carboxylic acids is 1. The lowest BCUT2D eigenvalue weighted by Crippen LogP contribution is -2.42. The maximum atomic E-state index is 11.9. The SMILES string of the molecule is C[C@@H]1COC(=O)CCCn2cc(nn2)CO[C@@H](CN(C)Cc2cccnc2)[C@@H](C)CN1. The van der Waals surface area contributed by atoms with Gasteiger partial charge in [0.25, 0.3) is 0 Å². The Labute approximate surface area is 184 Å². The number of nitrogens with one attached hydrogen (secondary N) is 1. The van der Waals surface area contributed by atoms with Crippen LogP contribution in [-0.2, 0) is 34.0 Å². The second-order valence-corrected chi connectivity index (χ2v) is 8.45. The smallest absolute Gasteiger partial charge is 0.305 e. The maximum absolute atomic E-state index is 11.9. The molecule has 31 heavy (non-hydrogen) atoms. The van der Waals surface area contributed by atoms with Crippen LogP contribution < -0.4 is 5.32 Å². The number of hydrogen-bond acceptors (Lipinski definition) is 8. The van der Waals surface area contributed by atoms with E-state index in [2.05, 4.69) is 45.6 Å². The number of esters is 1. The summed E-state index contributed by atoms with van der Waals surface area (Å²) in [5, 5.41) is 11.8. The van der Waals surface area contributed by atoms with Crippen LogP contribution in [0.1, 0.15) is 37.9 Å². The fraction of sp³-hybridized carbons (Fsp3) is 0.636. The third-order valence-electron chi connectivity index (χ3n) is 5.38. The van der Waals surface area contributed by atoms with E-state index < -0.39 is 0 Å². The first-order valence-electron chi connectivity index (χ1n) is 11.0. The van der Waals surface area contributed by atoms with Crippen molar-refractivity contribution in [2.45, 2.75) is 58.5 Å². The highest BCUT2D eigenvalue weighted by Crippen LogP contribution is 2.14. The number of likely N-dealkylation sites (N-methyl/N-ethyl adjacent to an activating group) is 1. The van der Waals surface area contributed by atoms with Crippen molar-refractivity contribution in [1.29, 1.82) is 0 Å². The standard InChI is InChI=1S/C22H34N6O3/c1-17-10-24-18(2)15-31-22(29)7-5-9-28-13-20(25-26-28)16-30-21(17)14-27(3)12-19-6-4-8-23-11-19/h4,6,8,11,13,17-18,21,24H,5,7,9-10,12,14-16H2,1-3H3/t17-,18+,21-/m0/s1. The molecule has 3 rings (SSSR count). The number of cyclic esters (lactones) is 1. The van der Waals surface area contributed by atoms with Crippen LogP contribution >= 0.6 is 0 Å². The molecule has 2 bridgehead atoms. The number of fused-ring (bicyclic) bond motifs is 2. The Bertz CT molecular complexity index is 800. The molecule has 9 heteroatoms. The first kappa shape index (κ1) is 23.3. The fourth-order valence-corrected chi connectivity index (χ4v) is 3.53. The van der Waals surface area contributed by atoms with Crippen LogP contribution in [0.15, 0.2) is 30.7 Å². The van der Waals surface area contributed by atoms with E-state index in [0.717, 1.165) is 25.3 Å². The van der Waals surface area contributed by atoms with Gasteiger partial charge in [-0.1, -0.05) is 18.2 Å². The molecule has 2 aromatic rings. The van der Waals surface area contributed by atoms with Crippen molar-refractivity contribution in [2.75, 3.05) is 26.7 Å². The molecule has 3 heterocycles. The van der Waals surface area contributed by atoms with Crippen molar-refractivity contribution in [1.82, 2.24) is 30.2 Å². The number of aromatic nitrogens is 4. The predicted octanol–water partition coefficient (Wildman–Crippen LogP) is 1.64. The molecule has 1 aliphatic rings. The van der Waals surface area contributed by atoms with Gasteiger partial charge >= 0.3 is 5.97 Å². The quantitative estimate of drug-likeness (QED) is 0.732. The Morgan fingerprint density at radius 2 is 2.23 bits per heavy atom. The fourth-order valence-electron chi connectivity index (χ4n) is 3.53. The summed E-state index contributed by atoms with van der Waals surface area (Å²) in [5.74, 6) is 0.0739. The highest BCUT2D eigenvalue weighted by atomic mass is 16.5. The van der Waals surface area contributed by atoms with Gasteiger partial charge in [-0.15, -0.1) is 5.10 Å². The maximum Gasteiger partial charge on any atom is 0.305 e. The molecule has 0 aliphatic carbocycles. The van der Waals surface area contributed by atoms with E-state index >= 15 is 0 Å². The molecule has 0 amide bonds. The molecular formula is C22H34N6O3. The van der Waals surface area contributed by atoms with Gasteiger partial charge in [-0.25, -0.2) is 0 Å². The molecule has 2 aromatic heterocycles.